The van der Waals surface area contributed by atoms with Crippen LogP contribution in [0, 0.1) is 11.3 Å². The molecule has 2 fully saturated rings. The largest absolute Gasteiger partial charge is 0.355 e. The van der Waals surface area contributed by atoms with Crippen molar-refractivity contribution in [2.24, 2.45) is 11.3 Å². The number of allylic oxidation sites excluding steroid dienone is 2. The highest BCUT2D eigenvalue weighted by molar-refractivity contribution is 5.93. The average molecular weight is 234 g/mol. The van der Waals surface area contributed by atoms with Crippen molar-refractivity contribution in [3.8, 4) is 0 Å². The van der Waals surface area contributed by atoms with E-state index in [-0.39, 0.29) is 22.7 Å². The van der Waals surface area contributed by atoms with Crippen molar-refractivity contribution in [2.45, 2.75) is 51.7 Å². The van der Waals surface area contributed by atoms with Gasteiger partial charge in [-0.3, -0.25) is 4.79 Å². The number of ketones is 1. The Balaban J connectivity index is 2.36. The SMILES string of the molecule is C=C[C@]1(C)CC(=O)[C@@]2(C[C@H]1C(=C)C)OC2(C)C. The second kappa shape index (κ2) is 3.32. The normalized spacial score (nSPS) is 43.5. The van der Waals surface area contributed by atoms with Crippen molar-refractivity contribution < 1.29 is 9.53 Å². The summed E-state index contributed by atoms with van der Waals surface area (Å²) in [4.78, 5) is 12.3. The zero-order chi connectivity index (χ0) is 13.1. The summed E-state index contributed by atoms with van der Waals surface area (Å²) in [5, 5.41) is 0. The van der Waals surface area contributed by atoms with Gasteiger partial charge in [0.15, 0.2) is 11.4 Å². The van der Waals surface area contributed by atoms with Crippen LogP contribution in [0.5, 0.6) is 0 Å². The van der Waals surface area contributed by atoms with E-state index in [2.05, 4.69) is 20.1 Å². The fourth-order valence-corrected chi connectivity index (χ4v) is 3.29. The molecule has 2 aliphatic rings. The second-order valence-corrected chi connectivity index (χ2v) is 6.35. The van der Waals surface area contributed by atoms with Crippen LogP contribution in [0.3, 0.4) is 0 Å². The minimum absolute atomic E-state index is 0.170. The summed E-state index contributed by atoms with van der Waals surface area (Å²) >= 11 is 0. The van der Waals surface area contributed by atoms with Crippen LogP contribution in [0.4, 0.5) is 0 Å². The molecule has 0 radical (unpaired) electrons. The van der Waals surface area contributed by atoms with Gasteiger partial charge in [0.1, 0.15) is 5.60 Å². The molecule has 0 amide bonds. The molecule has 0 aromatic rings. The predicted octanol–water partition coefficient (Wildman–Crippen LogP) is 3.28. The van der Waals surface area contributed by atoms with E-state index in [1.165, 1.54) is 0 Å². The van der Waals surface area contributed by atoms with Gasteiger partial charge < -0.3 is 4.74 Å². The summed E-state index contributed by atoms with van der Waals surface area (Å²) < 4.78 is 5.74. The Morgan fingerprint density at radius 1 is 1.47 bits per heavy atom. The van der Waals surface area contributed by atoms with E-state index in [0.717, 1.165) is 12.0 Å². The average Bonchev–Trinajstić information content (AvgIpc) is 2.76. The van der Waals surface area contributed by atoms with Crippen molar-refractivity contribution in [3.63, 3.8) is 0 Å². The van der Waals surface area contributed by atoms with Gasteiger partial charge in [0.25, 0.3) is 0 Å². The van der Waals surface area contributed by atoms with Crippen LogP contribution in [0.2, 0.25) is 0 Å². The highest BCUT2D eigenvalue weighted by atomic mass is 16.6. The first-order valence-corrected chi connectivity index (χ1v) is 6.21. The van der Waals surface area contributed by atoms with Crippen LogP contribution >= 0.6 is 0 Å². The Kier molecular flexibility index (Phi) is 2.45. The molecule has 3 atom stereocenters. The molecule has 0 aromatic carbocycles. The van der Waals surface area contributed by atoms with Crippen molar-refractivity contribution in [1.82, 2.24) is 0 Å². The van der Waals surface area contributed by atoms with Crippen molar-refractivity contribution in [3.05, 3.63) is 24.8 Å². The Bertz CT molecular complexity index is 407. The lowest BCUT2D eigenvalue weighted by atomic mass is 9.60. The van der Waals surface area contributed by atoms with E-state index in [1.807, 2.05) is 26.8 Å². The fraction of sp³-hybridized carbons (Fsp3) is 0.667. The first-order chi connectivity index (χ1) is 7.68. The lowest BCUT2D eigenvalue weighted by Gasteiger charge is -2.42. The van der Waals surface area contributed by atoms with Gasteiger partial charge >= 0.3 is 0 Å². The number of epoxide rings is 1. The van der Waals surface area contributed by atoms with Gasteiger partial charge in [0.2, 0.25) is 0 Å². The number of rotatable bonds is 2. The number of carbonyl (C=O) groups excluding carboxylic acids is 1. The molecule has 17 heavy (non-hydrogen) atoms. The number of carbonyl (C=O) groups is 1. The summed E-state index contributed by atoms with van der Waals surface area (Å²) in [6, 6.07) is 0. The van der Waals surface area contributed by atoms with Crippen molar-refractivity contribution in [2.75, 3.05) is 0 Å². The van der Waals surface area contributed by atoms with E-state index < -0.39 is 5.60 Å². The molecule has 1 saturated carbocycles. The molecule has 0 bridgehead atoms. The second-order valence-electron chi connectivity index (χ2n) is 6.35. The van der Waals surface area contributed by atoms with E-state index in [4.69, 9.17) is 4.74 Å². The predicted molar refractivity (Wildman–Crippen MR) is 68.7 cm³/mol. The molecular weight excluding hydrogens is 212 g/mol. The van der Waals surface area contributed by atoms with Crippen LogP contribution in [-0.2, 0) is 9.53 Å². The molecule has 0 aromatic heterocycles. The summed E-state index contributed by atoms with van der Waals surface area (Å²) in [5.74, 6) is 0.502. The summed E-state index contributed by atoms with van der Waals surface area (Å²) in [6.07, 6.45) is 3.17. The third kappa shape index (κ3) is 1.54. The van der Waals surface area contributed by atoms with Crippen molar-refractivity contribution >= 4 is 5.78 Å². The summed E-state index contributed by atoms with van der Waals surface area (Å²) in [5.41, 5.74) is 0.0841. The van der Waals surface area contributed by atoms with Gasteiger partial charge in [-0.05, 0) is 38.5 Å². The smallest absolute Gasteiger partial charge is 0.168 e. The van der Waals surface area contributed by atoms with E-state index >= 15 is 0 Å². The number of ether oxygens (including phenoxy) is 1. The number of hydrogen-bond donors (Lipinski definition) is 0. The fourth-order valence-electron chi connectivity index (χ4n) is 3.29. The molecule has 2 nitrogen and oxygen atoms in total. The molecular formula is C15H22O2. The maximum absolute atomic E-state index is 12.3. The Morgan fingerprint density at radius 2 is 2.00 bits per heavy atom. The highest BCUT2D eigenvalue weighted by Crippen LogP contribution is 2.60. The molecule has 1 aliphatic carbocycles. The minimum Gasteiger partial charge on any atom is -0.355 e. The lowest BCUT2D eigenvalue weighted by molar-refractivity contribution is -0.130. The standard InChI is InChI=1S/C15H22O2/c1-7-14(6)9-12(16)15(13(4,5)17-15)8-11(14)10(2)3/h7,11H,1-2,8-9H2,3-6H3/t11-,14+,15+/m0/s1. The Labute approximate surface area is 104 Å². The first-order valence-electron chi connectivity index (χ1n) is 6.21. The highest BCUT2D eigenvalue weighted by Gasteiger charge is 2.71. The van der Waals surface area contributed by atoms with E-state index in [0.29, 0.717) is 6.42 Å². The molecule has 1 spiro atoms. The monoisotopic (exact) mass is 234 g/mol. The number of hydrogen-bond acceptors (Lipinski definition) is 2. The molecule has 1 heterocycles. The molecule has 2 heteroatoms. The Hall–Kier alpha value is -0.890. The van der Waals surface area contributed by atoms with Gasteiger partial charge in [-0.15, -0.1) is 6.58 Å². The van der Waals surface area contributed by atoms with Gasteiger partial charge in [-0.25, -0.2) is 0 Å². The van der Waals surface area contributed by atoms with Gasteiger partial charge in [0, 0.05) is 6.42 Å². The molecule has 0 N–H and O–H groups in total. The van der Waals surface area contributed by atoms with Crippen LogP contribution < -0.4 is 0 Å². The zero-order valence-corrected chi connectivity index (χ0v) is 11.3. The molecule has 1 aliphatic heterocycles. The zero-order valence-electron chi connectivity index (χ0n) is 11.3. The topological polar surface area (TPSA) is 29.6 Å². The molecule has 2 rings (SSSR count). The maximum atomic E-state index is 12.3. The third-order valence-electron chi connectivity index (χ3n) is 4.70. The third-order valence-corrected chi connectivity index (χ3v) is 4.70. The maximum Gasteiger partial charge on any atom is 0.168 e. The minimum atomic E-state index is -0.556. The van der Waals surface area contributed by atoms with E-state index in [1.54, 1.807) is 0 Å². The van der Waals surface area contributed by atoms with Crippen LogP contribution in [0.25, 0.3) is 0 Å². The van der Waals surface area contributed by atoms with Gasteiger partial charge in [0.05, 0.1) is 0 Å². The first kappa shape index (κ1) is 12.6. The molecule has 0 unspecified atom stereocenters. The Morgan fingerprint density at radius 3 is 2.35 bits per heavy atom. The van der Waals surface area contributed by atoms with Gasteiger partial charge in [-0.2, -0.15) is 0 Å². The summed E-state index contributed by atoms with van der Waals surface area (Å²) in [6.45, 7) is 16.1. The summed E-state index contributed by atoms with van der Waals surface area (Å²) in [7, 11) is 0. The van der Waals surface area contributed by atoms with Crippen LogP contribution in [0.15, 0.2) is 24.8 Å². The van der Waals surface area contributed by atoms with Gasteiger partial charge in [-0.1, -0.05) is 25.2 Å². The van der Waals surface area contributed by atoms with E-state index in [9.17, 15) is 4.79 Å². The van der Waals surface area contributed by atoms with Crippen LogP contribution in [0.1, 0.15) is 40.5 Å². The number of Topliss-reactive ketones (excluding diaryl/α,β-unsaturated/α-hetero) is 1. The molecule has 1 saturated heterocycles. The quantitative estimate of drug-likeness (QED) is 0.542. The van der Waals surface area contributed by atoms with Crippen LogP contribution in [-0.4, -0.2) is 17.0 Å². The lowest BCUT2D eigenvalue weighted by Crippen LogP contribution is -2.46. The molecule has 94 valence electrons. The van der Waals surface area contributed by atoms with Crippen molar-refractivity contribution in [1.29, 1.82) is 0 Å².